The Labute approximate surface area is 115 Å². The molecule has 110 valence electrons. The fourth-order valence-corrected chi connectivity index (χ4v) is 3.34. The van der Waals surface area contributed by atoms with Crippen LogP contribution in [0.3, 0.4) is 0 Å². The molecule has 0 unspecified atom stereocenters. The molecule has 2 N–H and O–H groups in total. The van der Waals surface area contributed by atoms with Gasteiger partial charge in [0, 0.05) is 13.0 Å². The van der Waals surface area contributed by atoms with E-state index in [-0.39, 0.29) is 24.1 Å². The molecule has 0 aromatic carbocycles. The van der Waals surface area contributed by atoms with Crippen molar-refractivity contribution in [1.29, 1.82) is 0 Å². The second-order valence-corrected chi connectivity index (χ2v) is 6.02. The molecule has 2 fully saturated rings. The Morgan fingerprint density at radius 1 is 1.58 bits per heavy atom. The number of piperidine rings is 1. The lowest BCUT2D eigenvalue weighted by molar-refractivity contribution is -0.122. The van der Waals surface area contributed by atoms with E-state index in [2.05, 4.69) is 17.1 Å². The van der Waals surface area contributed by atoms with Gasteiger partial charge in [0.2, 0.25) is 5.91 Å². The molecule has 0 bridgehead atoms. The molecule has 2 heterocycles. The monoisotopic (exact) mass is 270 g/mol. The highest BCUT2D eigenvalue weighted by Gasteiger charge is 2.44. The third-order valence-electron chi connectivity index (χ3n) is 4.47. The molecule has 2 saturated heterocycles. The molecule has 0 saturated carbocycles. The van der Waals surface area contributed by atoms with E-state index in [0.29, 0.717) is 13.0 Å². The fraction of sp³-hybridized carbons (Fsp3) is 0.929. The number of aliphatic hydroxyl groups is 1. The van der Waals surface area contributed by atoms with Crippen molar-refractivity contribution in [2.24, 2.45) is 0 Å². The van der Waals surface area contributed by atoms with Gasteiger partial charge in [0.15, 0.2) is 0 Å². The number of amides is 1. The van der Waals surface area contributed by atoms with Gasteiger partial charge in [-0.25, -0.2) is 0 Å². The van der Waals surface area contributed by atoms with Gasteiger partial charge in [0.05, 0.1) is 24.4 Å². The lowest BCUT2D eigenvalue weighted by Gasteiger charge is -2.41. The molecule has 0 radical (unpaired) electrons. The minimum absolute atomic E-state index is 0.119. The van der Waals surface area contributed by atoms with Gasteiger partial charge in [-0.15, -0.1) is 0 Å². The number of carbonyl (C=O) groups excluding carboxylic acids is 1. The molecule has 0 aromatic rings. The number of nitrogens with one attached hydrogen (secondary N) is 1. The van der Waals surface area contributed by atoms with Crippen LogP contribution in [-0.4, -0.2) is 59.4 Å². The smallest absolute Gasteiger partial charge is 0.217 e. The van der Waals surface area contributed by atoms with Crippen molar-refractivity contribution in [2.75, 3.05) is 19.7 Å². The van der Waals surface area contributed by atoms with Crippen LogP contribution in [0, 0.1) is 0 Å². The molecule has 19 heavy (non-hydrogen) atoms. The molecule has 2 rings (SSSR count). The first-order chi connectivity index (χ1) is 8.94. The average molecular weight is 270 g/mol. The van der Waals surface area contributed by atoms with Crippen LogP contribution in [-0.2, 0) is 9.53 Å². The summed E-state index contributed by atoms with van der Waals surface area (Å²) < 4.78 is 5.97. The first kappa shape index (κ1) is 14.8. The van der Waals surface area contributed by atoms with E-state index >= 15 is 0 Å². The number of ether oxygens (including phenoxy) is 1. The van der Waals surface area contributed by atoms with Crippen LogP contribution in [0.5, 0.6) is 0 Å². The number of carbonyl (C=O) groups is 1. The Kier molecular flexibility index (Phi) is 4.48. The number of likely N-dealkylation sites (tertiary alicyclic amines) is 1. The van der Waals surface area contributed by atoms with Crippen molar-refractivity contribution in [2.45, 2.75) is 63.8 Å². The highest BCUT2D eigenvalue weighted by molar-refractivity contribution is 5.73. The van der Waals surface area contributed by atoms with Crippen molar-refractivity contribution in [3.05, 3.63) is 0 Å². The van der Waals surface area contributed by atoms with Gasteiger partial charge in [-0.05, 0) is 39.3 Å². The standard InChI is InChI=1S/C14H26N2O3/c1-4-16-7-5-6-12-11(16)8-14(3,18)13(9-19-12)15-10(2)17/h11-13,18H,4-9H2,1-3H3,(H,15,17)/t11-,12-,13-,14-/m1/s1. The summed E-state index contributed by atoms with van der Waals surface area (Å²) >= 11 is 0. The van der Waals surface area contributed by atoms with Crippen LogP contribution < -0.4 is 5.32 Å². The minimum Gasteiger partial charge on any atom is -0.388 e. The van der Waals surface area contributed by atoms with Gasteiger partial charge >= 0.3 is 0 Å². The first-order valence-electron chi connectivity index (χ1n) is 7.29. The van der Waals surface area contributed by atoms with Crippen LogP contribution >= 0.6 is 0 Å². The van der Waals surface area contributed by atoms with E-state index in [1.807, 2.05) is 6.92 Å². The molecule has 5 heteroatoms. The molecule has 5 nitrogen and oxygen atoms in total. The van der Waals surface area contributed by atoms with E-state index in [9.17, 15) is 9.90 Å². The number of hydrogen-bond acceptors (Lipinski definition) is 4. The second kappa shape index (κ2) is 5.77. The second-order valence-electron chi connectivity index (χ2n) is 6.02. The summed E-state index contributed by atoms with van der Waals surface area (Å²) in [6.45, 7) is 7.88. The van der Waals surface area contributed by atoms with Crippen molar-refractivity contribution < 1.29 is 14.6 Å². The maximum Gasteiger partial charge on any atom is 0.217 e. The molecular weight excluding hydrogens is 244 g/mol. The zero-order valence-electron chi connectivity index (χ0n) is 12.2. The summed E-state index contributed by atoms with van der Waals surface area (Å²) in [7, 11) is 0. The first-order valence-corrected chi connectivity index (χ1v) is 7.29. The molecule has 0 aliphatic carbocycles. The third kappa shape index (κ3) is 3.27. The van der Waals surface area contributed by atoms with Crippen molar-refractivity contribution >= 4 is 5.91 Å². The van der Waals surface area contributed by atoms with Gasteiger partial charge in [-0.2, -0.15) is 0 Å². The predicted octanol–water partition coefficient (Wildman–Crippen LogP) is 0.515. The molecule has 1 amide bonds. The Hall–Kier alpha value is -0.650. The maximum atomic E-state index is 11.3. The normalized spacial score (nSPS) is 40.3. The summed E-state index contributed by atoms with van der Waals surface area (Å²) in [6, 6.07) is -0.0678. The molecule has 0 spiro atoms. The van der Waals surface area contributed by atoms with E-state index in [0.717, 1.165) is 25.9 Å². The van der Waals surface area contributed by atoms with E-state index in [4.69, 9.17) is 4.74 Å². The zero-order valence-corrected chi connectivity index (χ0v) is 12.2. The highest BCUT2D eigenvalue weighted by Crippen LogP contribution is 2.32. The summed E-state index contributed by atoms with van der Waals surface area (Å²) in [5, 5.41) is 13.5. The maximum absolute atomic E-state index is 11.3. The van der Waals surface area contributed by atoms with Crippen LogP contribution in [0.1, 0.15) is 40.0 Å². The van der Waals surface area contributed by atoms with E-state index in [1.54, 1.807) is 0 Å². The topological polar surface area (TPSA) is 61.8 Å². The Morgan fingerprint density at radius 2 is 2.32 bits per heavy atom. The molecule has 4 atom stereocenters. The van der Waals surface area contributed by atoms with Crippen molar-refractivity contribution in [3.63, 3.8) is 0 Å². The quantitative estimate of drug-likeness (QED) is 0.768. The number of hydrogen-bond donors (Lipinski definition) is 2. The number of likely N-dealkylation sites (N-methyl/N-ethyl adjacent to an activating group) is 1. The van der Waals surface area contributed by atoms with Gasteiger partial charge < -0.3 is 15.2 Å². The fourth-order valence-electron chi connectivity index (χ4n) is 3.34. The van der Waals surface area contributed by atoms with Crippen molar-refractivity contribution in [1.82, 2.24) is 10.2 Å². The minimum atomic E-state index is -0.921. The Bertz CT molecular complexity index is 333. The number of rotatable bonds is 2. The zero-order chi connectivity index (χ0) is 14.0. The Morgan fingerprint density at radius 3 is 2.95 bits per heavy atom. The lowest BCUT2D eigenvalue weighted by atomic mass is 9.85. The molecule has 2 aliphatic rings. The highest BCUT2D eigenvalue weighted by atomic mass is 16.5. The average Bonchev–Trinajstić information content (AvgIpc) is 2.46. The SMILES string of the molecule is CCN1CCC[C@H]2OC[C@@H](NC(C)=O)[C@](C)(O)C[C@H]21. The number of nitrogens with zero attached hydrogens (tertiary/aromatic N) is 1. The van der Waals surface area contributed by atoms with E-state index in [1.165, 1.54) is 6.92 Å². The van der Waals surface area contributed by atoms with Crippen LogP contribution in [0.15, 0.2) is 0 Å². The Balaban J connectivity index is 2.14. The summed E-state index contributed by atoms with van der Waals surface area (Å²) in [4.78, 5) is 13.6. The summed E-state index contributed by atoms with van der Waals surface area (Å²) in [5.41, 5.74) is -0.921. The number of fused-ring (bicyclic) bond motifs is 1. The van der Waals surface area contributed by atoms with Crippen LogP contribution in [0.25, 0.3) is 0 Å². The van der Waals surface area contributed by atoms with Gasteiger partial charge in [0.1, 0.15) is 0 Å². The predicted molar refractivity (Wildman–Crippen MR) is 72.9 cm³/mol. The van der Waals surface area contributed by atoms with Gasteiger partial charge in [-0.1, -0.05) is 6.92 Å². The third-order valence-corrected chi connectivity index (χ3v) is 4.47. The summed E-state index contributed by atoms with van der Waals surface area (Å²) in [6.07, 6.45) is 3.02. The lowest BCUT2D eigenvalue weighted by Crippen LogP contribution is -2.55. The van der Waals surface area contributed by atoms with Crippen LogP contribution in [0.4, 0.5) is 0 Å². The van der Waals surface area contributed by atoms with Crippen LogP contribution in [0.2, 0.25) is 0 Å². The van der Waals surface area contributed by atoms with E-state index < -0.39 is 5.60 Å². The molecule has 2 aliphatic heterocycles. The molecule has 0 aromatic heterocycles. The van der Waals surface area contributed by atoms with Crippen molar-refractivity contribution in [3.8, 4) is 0 Å². The molecular formula is C14H26N2O3. The van der Waals surface area contributed by atoms with Gasteiger partial charge in [-0.3, -0.25) is 9.69 Å². The van der Waals surface area contributed by atoms with Gasteiger partial charge in [0.25, 0.3) is 0 Å². The largest absolute Gasteiger partial charge is 0.388 e. The summed E-state index contributed by atoms with van der Waals surface area (Å²) in [5.74, 6) is -0.119.